The standard InChI is InChI=1S/C13H16Cl3N3O2/c1-18-2-4-19(5-3-18)17-13(20)8-21-12-7-10(15)9(14)6-11(12)16/h6-7H,2-5,8H2,1H3,(H,17,20)/p+1. The fourth-order valence-electron chi connectivity index (χ4n) is 1.97. The molecule has 2 N–H and O–H groups in total. The number of hydrogen-bond acceptors (Lipinski definition) is 3. The number of hydrazine groups is 1. The van der Waals surface area contributed by atoms with Gasteiger partial charge in [0, 0.05) is 6.07 Å². The minimum absolute atomic E-state index is 0.128. The van der Waals surface area contributed by atoms with Crippen LogP contribution in [0.3, 0.4) is 0 Å². The Morgan fingerprint density at radius 2 is 1.86 bits per heavy atom. The Morgan fingerprint density at radius 1 is 1.24 bits per heavy atom. The summed E-state index contributed by atoms with van der Waals surface area (Å²) in [5.74, 6) is 0.112. The second-order valence-corrected chi connectivity index (χ2v) is 6.19. The normalized spacial score (nSPS) is 16.8. The van der Waals surface area contributed by atoms with Crippen molar-refractivity contribution in [2.45, 2.75) is 0 Å². The van der Waals surface area contributed by atoms with E-state index in [9.17, 15) is 4.79 Å². The van der Waals surface area contributed by atoms with Gasteiger partial charge in [0.25, 0.3) is 5.91 Å². The van der Waals surface area contributed by atoms with Crippen molar-refractivity contribution in [3.05, 3.63) is 27.2 Å². The van der Waals surface area contributed by atoms with Crippen molar-refractivity contribution in [1.82, 2.24) is 10.4 Å². The van der Waals surface area contributed by atoms with Crippen LogP contribution in [-0.2, 0) is 4.79 Å². The third kappa shape index (κ3) is 4.90. The zero-order chi connectivity index (χ0) is 15.4. The zero-order valence-corrected chi connectivity index (χ0v) is 13.9. The van der Waals surface area contributed by atoms with Gasteiger partial charge in [0.2, 0.25) is 0 Å². The average molecular weight is 354 g/mol. The molecule has 1 heterocycles. The predicted octanol–water partition coefficient (Wildman–Crippen LogP) is 0.887. The third-order valence-electron chi connectivity index (χ3n) is 3.23. The Kier molecular flexibility index (Phi) is 5.96. The molecular weight excluding hydrogens is 337 g/mol. The average Bonchev–Trinajstić information content (AvgIpc) is 2.44. The van der Waals surface area contributed by atoms with Gasteiger partial charge in [-0.25, -0.2) is 5.01 Å². The van der Waals surface area contributed by atoms with Crippen LogP contribution in [0.5, 0.6) is 5.75 Å². The van der Waals surface area contributed by atoms with E-state index in [-0.39, 0.29) is 12.5 Å². The number of carbonyl (C=O) groups excluding carboxylic acids is 1. The van der Waals surface area contributed by atoms with Crippen LogP contribution in [0.4, 0.5) is 0 Å². The van der Waals surface area contributed by atoms with Gasteiger partial charge in [-0.05, 0) is 6.07 Å². The summed E-state index contributed by atoms with van der Waals surface area (Å²) >= 11 is 17.7. The molecule has 0 bridgehead atoms. The maximum Gasteiger partial charge on any atom is 0.272 e. The van der Waals surface area contributed by atoms with E-state index in [1.165, 1.54) is 17.0 Å². The molecule has 1 amide bonds. The Balaban J connectivity index is 1.83. The SMILES string of the molecule is C[NH+]1CCN(NC(=O)COc2cc(Cl)c(Cl)cc2Cl)CC1. The predicted molar refractivity (Wildman–Crippen MR) is 83.3 cm³/mol. The van der Waals surface area contributed by atoms with Crippen molar-refractivity contribution in [1.29, 1.82) is 0 Å². The number of hydrogen-bond donors (Lipinski definition) is 2. The summed E-state index contributed by atoms with van der Waals surface area (Å²) in [5.41, 5.74) is 2.81. The molecule has 0 unspecified atom stereocenters. The topological polar surface area (TPSA) is 46.0 Å². The van der Waals surface area contributed by atoms with Crippen molar-refractivity contribution < 1.29 is 14.4 Å². The summed E-state index contributed by atoms with van der Waals surface area (Å²) in [4.78, 5) is 13.3. The summed E-state index contributed by atoms with van der Waals surface area (Å²) in [7, 11) is 2.13. The highest BCUT2D eigenvalue weighted by Crippen LogP contribution is 2.33. The number of nitrogens with zero attached hydrogens (tertiary/aromatic N) is 1. The van der Waals surface area contributed by atoms with Gasteiger partial charge < -0.3 is 9.64 Å². The van der Waals surface area contributed by atoms with Crippen LogP contribution in [0, 0.1) is 0 Å². The number of rotatable bonds is 4. The van der Waals surface area contributed by atoms with Crippen molar-refractivity contribution in [2.75, 3.05) is 39.8 Å². The number of quaternary nitrogens is 1. The van der Waals surface area contributed by atoms with Crippen LogP contribution < -0.4 is 15.1 Å². The molecule has 2 rings (SSSR count). The smallest absolute Gasteiger partial charge is 0.272 e. The van der Waals surface area contributed by atoms with E-state index in [4.69, 9.17) is 39.5 Å². The fourth-order valence-corrected chi connectivity index (χ4v) is 2.56. The number of halogens is 3. The summed E-state index contributed by atoms with van der Waals surface area (Å²) in [5, 5.41) is 2.90. The van der Waals surface area contributed by atoms with Crippen molar-refractivity contribution in [2.24, 2.45) is 0 Å². The lowest BCUT2D eigenvalue weighted by Crippen LogP contribution is -3.12. The largest absolute Gasteiger partial charge is 0.482 e. The van der Waals surface area contributed by atoms with Crippen LogP contribution in [0.2, 0.25) is 15.1 Å². The molecule has 1 aromatic carbocycles. The molecule has 0 atom stereocenters. The van der Waals surface area contributed by atoms with Crippen LogP contribution in [0.25, 0.3) is 0 Å². The second kappa shape index (κ2) is 7.51. The quantitative estimate of drug-likeness (QED) is 0.790. The van der Waals surface area contributed by atoms with Gasteiger partial charge in [0.05, 0.1) is 48.3 Å². The Bertz CT molecular complexity index is 520. The van der Waals surface area contributed by atoms with Crippen molar-refractivity contribution in [3.63, 3.8) is 0 Å². The Labute approximate surface area is 138 Å². The van der Waals surface area contributed by atoms with E-state index >= 15 is 0 Å². The summed E-state index contributed by atoms with van der Waals surface area (Å²) in [6.45, 7) is 3.52. The van der Waals surface area contributed by atoms with Gasteiger partial charge in [-0.1, -0.05) is 34.8 Å². The Morgan fingerprint density at radius 3 is 2.52 bits per heavy atom. The summed E-state index contributed by atoms with van der Waals surface area (Å²) in [6, 6.07) is 2.99. The highest BCUT2D eigenvalue weighted by atomic mass is 35.5. The molecular formula is C13H17Cl3N3O2+. The van der Waals surface area contributed by atoms with E-state index in [1.807, 2.05) is 5.01 Å². The number of nitrogens with one attached hydrogen (secondary N) is 2. The molecule has 8 heteroatoms. The maximum absolute atomic E-state index is 11.8. The molecule has 0 saturated carbocycles. The maximum atomic E-state index is 11.8. The summed E-state index contributed by atoms with van der Waals surface area (Å²) in [6.07, 6.45) is 0. The molecule has 5 nitrogen and oxygen atoms in total. The van der Waals surface area contributed by atoms with Gasteiger partial charge in [0.1, 0.15) is 5.75 Å². The van der Waals surface area contributed by atoms with Crippen molar-refractivity contribution in [3.8, 4) is 5.75 Å². The van der Waals surface area contributed by atoms with Gasteiger partial charge >= 0.3 is 0 Å². The fraction of sp³-hybridized carbons (Fsp3) is 0.462. The number of likely N-dealkylation sites (N-methyl/N-ethyl adjacent to an activating group) is 1. The van der Waals surface area contributed by atoms with Crippen LogP contribution in [0.1, 0.15) is 0 Å². The molecule has 0 radical (unpaired) electrons. The lowest BCUT2D eigenvalue weighted by molar-refractivity contribution is -0.884. The number of piperazine rings is 1. The molecule has 1 fully saturated rings. The molecule has 0 aliphatic carbocycles. The molecule has 1 aliphatic rings. The lowest BCUT2D eigenvalue weighted by Gasteiger charge is -2.30. The van der Waals surface area contributed by atoms with Gasteiger partial charge in [-0.3, -0.25) is 10.2 Å². The van der Waals surface area contributed by atoms with Crippen LogP contribution in [-0.4, -0.2) is 50.7 Å². The van der Waals surface area contributed by atoms with E-state index < -0.39 is 0 Å². The first kappa shape index (κ1) is 16.6. The highest BCUT2D eigenvalue weighted by Gasteiger charge is 2.18. The molecule has 1 aliphatic heterocycles. The lowest BCUT2D eigenvalue weighted by atomic mass is 10.3. The van der Waals surface area contributed by atoms with Crippen LogP contribution >= 0.6 is 34.8 Å². The number of carbonyl (C=O) groups is 1. The first-order chi connectivity index (χ1) is 9.95. The van der Waals surface area contributed by atoms with E-state index in [1.54, 1.807) is 0 Å². The number of ether oxygens (including phenoxy) is 1. The molecule has 0 aromatic heterocycles. The minimum Gasteiger partial charge on any atom is -0.482 e. The molecule has 0 spiro atoms. The highest BCUT2D eigenvalue weighted by molar-refractivity contribution is 6.43. The first-order valence-corrected chi connectivity index (χ1v) is 7.72. The molecule has 116 valence electrons. The zero-order valence-electron chi connectivity index (χ0n) is 11.6. The second-order valence-electron chi connectivity index (χ2n) is 4.96. The van der Waals surface area contributed by atoms with Crippen LogP contribution in [0.15, 0.2) is 12.1 Å². The number of benzene rings is 1. The molecule has 1 saturated heterocycles. The van der Waals surface area contributed by atoms with E-state index in [0.717, 1.165) is 26.2 Å². The van der Waals surface area contributed by atoms with E-state index in [2.05, 4.69) is 12.5 Å². The third-order valence-corrected chi connectivity index (χ3v) is 4.25. The Hall–Kier alpha value is -0.720. The summed E-state index contributed by atoms with van der Waals surface area (Å²) < 4.78 is 5.38. The first-order valence-electron chi connectivity index (χ1n) is 6.59. The number of amides is 1. The van der Waals surface area contributed by atoms with E-state index in [0.29, 0.717) is 20.8 Å². The van der Waals surface area contributed by atoms with Gasteiger partial charge in [-0.2, -0.15) is 0 Å². The molecule has 1 aromatic rings. The van der Waals surface area contributed by atoms with Crippen molar-refractivity contribution >= 4 is 40.7 Å². The minimum atomic E-state index is -0.225. The van der Waals surface area contributed by atoms with Gasteiger partial charge in [0.15, 0.2) is 6.61 Å². The van der Waals surface area contributed by atoms with Gasteiger partial charge in [-0.15, -0.1) is 0 Å². The monoisotopic (exact) mass is 352 g/mol. The molecule has 21 heavy (non-hydrogen) atoms.